The SMILES string of the molecule is COc1ccccc1N/C=C(/C#N)C(=O)Nc1ccc(S(N)(=O)=O)cc1. The van der Waals surface area contributed by atoms with Crippen molar-refractivity contribution in [3.63, 3.8) is 0 Å². The van der Waals surface area contributed by atoms with Crippen LogP contribution in [0.4, 0.5) is 11.4 Å². The van der Waals surface area contributed by atoms with Crippen molar-refractivity contribution in [1.82, 2.24) is 0 Å². The highest BCUT2D eigenvalue weighted by Gasteiger charge is 2.11. The van der Waals surface area contributed by atoms with Crippen molar-refractivity contribution in [3.05, 3.63) is 60.3 Å². The van der Waals surface area contributed by atoms with E-state index < -0.39 is 15.9 Å². The Balaban J connectivity index is 2.12. The molecule has 26 heavy (non-hydrogen) atoms. The topological polar surface area (TPSA) is 134 Å². The van der Waals surface area contributed by atoms with Gasteiger partial charge >= 0.3 is 0 Å². The number of nitriles is 1. The highest BCUT2D eigenvalue weighted by atomic mass is 32.2. The van der Waals surface area contributed by atoms with Gasteiger partial charge in [-0.2, -0.15) is 5.26 Å². The van der Waals surface area contributed by atoms with Crippen LogP contribution in [-0.4, -0.2) is 21.4 Å². The molecule has 2 rings (SSSR count). The number of methoxy groups -OCH3 is 1. The van der Waals surface area contributed by atoms with Gasteiger partial charge in [0.1, 0.15) is 17.4 Å². The molecule has 2 aromatic rings. The first-order valence-electron chi connectivity index (χ1n) is 7.29. The number of hydrogen-bond acceptors (Lipinski definition) is 6. The normalized spacial score (nSPS) is 11.3. The molecule has 0 aromatic heterocycles. The van der Waals surface area contributed by atoms with Crippen LogP contribution in [0.1, 0.15) is 0 Å². The van der Waals surface area contributed by atoms with Gasteiger partial charge in [-0.1, -0.05) is 12.1 Å². The number of ether oxygens (including phenoxy) is 1. The average Bonchev–Trinajstić information content (AvgIpc) is 2.62. The van der Waals surface area contributed by atoms with Crippen molar-refractivity contribution in [3.8, 4) is 11.8 Å². The highest BCUT2D eigenvalue weighted by molar-refractivity contribution is 7.89. The van der Waals surface area contributed by atoms with Crippen LogP contribution in [0.3, 0.4) is 0 Å². The first-order valence-corrected chi connectivity index (χ1v) is 8.84. The largest absolute Gasteiger partial charge is 0.495 e. The van der Waals surface area contributed by atoms with E-state index in [4.69, 9.17) is 9.88 Å². The van der Waals surface area contributed by atoms with Gasteiger partial charge in [0.05, 0.1) is 17.7 Å². The maximum atomic E-state index is 12.2. The van der Waals surface area contributed by atoms with Gasteiger partial charge in [0.15, 0.2) is 0 Å². The molecule has 0 radical (unpaired) electrons. The zero-order valence-corrected chi connectivity index (χ0v) is 14.6. The third-order valence-corrected chi connectivity index (χ3v) is 4.21. The first-order chi connectivity index (χ1) is 12.3. The van der Waals surface area contributed by atoms with E-state index in [1.165, 1.54) is 37.6 Å². The molecular formula is C17H16N4O4S. The van der Waals surface area contributed by atoms with Gasteiger partial charge < -0.3 is 15.4 Å². The summed E-state index contributed by atoms with van der Waals surface area (Å²) >= 11 is 0. The van der Waals surface area contributed by atoms with E-state index in [2.05, 4.69) is 10.6 Å². The zero-order valence-electron chi connectivity index (χ0n) is 13.8. The average molecular weight is 372 g/mol. The van der Waals surface area contributed by atoms with Crippen LogP contribution in [0.5, 0.6) is 5.75 Å². The number of amides is 1. The summed E-state index contributed by atoms with van der Waals surface area (Å²) in [6, 6.07) is 14.1. The molecule has 2 aromatic carbocycles. The van der Waals surface area contributed by atoms with Gasteiger partial charge in [-0.3, -0.25) is 4.79 Å². The number of carbonyl (C=O) groups is 1. The minimum Gasteiger partial charge on any atom is -0.495 e. The number of benzene rings is 2. The molecule has 0 saturated carbocycles. The maximum Gasteiger partial charge on any atom is 0.267 e. The summed E-state index contributed by atoms with van der Waals surface area (Å²) in [5.41, 5.74) is 0.736. The number of anilines is 2. The first kappa shape index (κ1) is 19.0. The number of nitrogens with two attached hydrogens (primary N) is 1. The number of nitrogens with one attached hydrogen (secondary N) is 2. The summed E-state index contributed by atoms with van der Waals surface area (Å²) in [7, 11) is -2.31. The molecule has 9 heteroatoms. The number of nitrogens with zero attached hydrogens (tertiary/aromatic N) is 1. The van der Waals surface area contributed by atoms with Gasteiger partial charge in [0, 0.05) is 11.9 Å². The van der Waals surface area contributed by atoms with Crippen LogP contribution in [0, 0.1) is 11.3 Å². The quantitative estimate of drug-likeness (QED) is 0.523. The molecule has 0 aliphatic rings. The number of sulfonamides is 1. The number of hydrogen-bond donors (Lipinski definition) is 3. The van der Waals surface area contributed by atoms with Crippen molar-refractivity contribution in [2.45, 2.75) is 4.90 Å². The molecular weight excluding hydrogens is 356 g/mol. The summed E-state index contributed by atoms with van der Waals surface area (Å²) in [5.74, 6) is -0.0988. The zero-order chi connectivity index (χ0) is 19.2. The number of para-hydroxylation sites is 2. The number of primary sulfonamides is 1. The van der Waals surface area contributed by atoms with Crippen molar-refractivity contribution in [1.29, 1.82) is 5.26 Å². The second-order valence-electron chi connectivity index (χ2n) is 5.04. The van der Waals surface area contributed by atoms with Crippen LogP contribution in [-0.2, 0) is 14.8 Å². The minimum absolute atomic E-state index is 0.0793. The fraction of sp³-hybridized carbons (Fsp3) is 0.0588. The molecule has 0 bridgehead atoms. The predicted octanol–water partition coefficient (Wildman–Crippen LogP) is 1.80. The lowest BCUT2D eigenvalue weighted by Crippen LogP contribution is -2.15. The van der Waals surface area contributed by atoms with Crippen LogP contribution in [0.15, 0.2) is 65.2 Å². The Bertz CT molecular complexity index is 977. The molecule has 0 spiro atoms. The third kappa shape index (κ3) is 4.83. The third-order valence-electron chi connectivity index (χ3n) is 3.28. The molecule has 0 aliphatic heterocycles. The van der Waals surface area contributed by atoms with Crippen LogP contribution >= 0.6 is 0 Å². The van der Waals surface area contributed by atoms with Crippen molar-refractivity contribution >= 4 is 27.3 Å². The smallest absolute Gasteiger partial charge is 0.267 e. The molecule has 134 valence electrons. The van der Waals surface area contributed by atoms with Gasteiger partial charge in [0.2, 0.25) is 10.0 Å². The Morgan fingerprint density at radius 1 is 1.19 bits per heavy atom. The summed E-state index contributed by atoms with van der Waals surface area (Å²) in [5, 5.41) is 19.5. The van der Waals surface area contributed by atoms with Crippen molar-refractivity contribution in [2.24, 2.45) is 5.14 Å². The van der Waals surface area contributed by atoms with E-state index in [-0.39, 0.29) is 10.5 Å². The lowest BCUT2D eigenvalue weighted by atomic mass is 10.2. The Kier molecular flexibility index (Phi) is 5.95. The lowest BCUT2D eigenvalue weighted by Gasteiger charge is -2.08. The molecule has 0 fully saturated rings. The monoisotopic (exact) mass is 372 g/mol. The lowest BCUT2D eigenvalue weighted by molar-refractivity contribution is -0.112. The molecule has 4 N–H and O–H groups in total. The molecule has 0 saturated heterocycles. The fourth-order valence-electron chi connectivity index (χ4n) is 1.99. The molecule has 0 unspecified atom stereocenters. The van der Waals surface area contributed by atoms with Gasteiger partial charge in [-0.05, 0) is 36.4 Å². The summed E-state index contributed by atoms with van der Waals surface area (Å²) in [6.45, 7) is 0. The van der Waals surface area contributed by atoms with Crippen molar-refractivity contribution < 1.29 is 17.9 Å². The van der Waals surface area contributed by atoms with E-state index in [0.717, 1.165) is 0 Å². The Hall–Kier alpha value is -3.35. The molecule has 0 heterocycles. The second kappa shape index (κ2) is 8.15. The number of rotatable bonds is 6. The molecule has 0 atom stereocenters. The molecule has 0 aliphatic carbocycles. The van der Waals surface area contributed by atoms with Crippen LogP contribution in [0.2, 0.25) is 0 Å². The predicted molar refractivity (Wildman–Crippen MR) is 96.8 cm³/mol. The van der Waals surface area contributed by atoms with E-state index in [1.54, 1.807) is 30.3 Å². The van der Waals surface area contributed by atoms with Crippen LogP contribution < -0.4 is 20.5 Å². The number of carbonyl (C=O) groups excluding carboxylic acids is 1. The van der Waals surface area contributed by atoms with Gasteiger partial charge in [0.25, 0.3) is 5.91 Å². The van der Waals surface area contributed by atoms with Crippen LogP contribution in [0.25, 0.3) is 0 Å². The Morgan fingerprint density at radius 3 is 2.42 bits per heavy atom. The van der Waals surface area contributed by atoms with E-state index >= 15 is 0 Å². The summed E-state index contributed by atoms with van der Waals surface area (Å²) in [6.07, 6.45) is 1.26. The Labute approximate surface area is 150 Å². The van der Waals surface area contributed by atoms with Crippen molar-refractivity contribution in [2.75, 3.05) is 17.7 Å². The Morgan fingerprint density at radius 2 is 1.85 bits per heavy atom. The standard InChI is InChI=1S/C17H16N4O4S/c1-25-16-5-3-2-4-15(16)20-11-12(10-18)17(22)21-13-6-8-14(9-7-13)26(19,23)24/h2-9,11,20H,1H3,(H,21,22)(H2,19,23,24)/b12-11-. The minimum atomic E-state index is -3.81. The van der Waals surface area contributed by atoms with E-state index in [0.29, 0.717) is 17.1 Å². The summed E-state index contributed by atoms with van der Waals surface area (Å²) in [4.78, 5) is 12.1. The summed E-state index contributed by atoms with van der Waals surface area (Å²) < 4.78 is 27.6. The molecule has 1 amide bonds. The molecule has 8 nitrogen and oxygen atoms in total. The maximum absolute atomic E-state index is 12.2. The van der Waals surface area contributed by atoms with E-state index in [1.807, 2.05) is 0 Å². The van der Waals surface area contributed by atoms with Gasteiger partial charge in [-0.25, -0.2) is 13.6 Å². The second-order valence-corrected chi connectivity index (χ2v) is 6.60. The van der Waals surface area contributed by atoms with Gasteiger partial charge in [-0.15, -0.1) is 0 Å². The van der Waals surface area contributed by atoms with E-state index in [9.17, 15) is 18.5 Å². The highest BCUT2D eigenvalue weighted by Crippen LogP contribution is 2.23. The fourth-order valence-corrected chi connectivity index (χ4v) is 2.50.